The van der Waals surface area contributed by atoms with Crippen LogP contribution in [0.5, 0.6) is 0 Å². The van der Waals surface area contributed by atoms with Crippen molar-refractivity contribution in [3.8, 4) is 0 Å². The van der Waals surface area contributed by atoms with Crippen molar-refractivity contribution in [2.75, 3.05) is 59.2 Å². The molecule has 176 valence electrons. The summed E-state index contributed by atoms with van der Waals surface area (Å²) in [6, 6.07) is 8.11. The van der Waals surface area contributed by atoms with Crippen LogP contribution in [0.25, 0.3) is 10.9 Å². The molecule has 1 aliphatic rings. The second-order valence-corrected chi connectivity index (χ2v) is 8.61. The fraction of sp³-hybridized carbons (Fsp3) is 0.583. The van der Waals surface area contributed by atoms with Crippen molar-refractivity contribution >= 4 is 28.2 Å². The van der Waals surface area contributed by atoms with Gasteiger partial charge in [0.2, 0.25) is 0 Å². The highest BCUT2D eigenvalue weighted by atomic mass is 32.1. The van der Waals surface area contributed by atoms with Crippen LogP contribution in [0, 0.1) is 6.92 Å². The molecule has 1 aliphatic heterocycles. The zero-order valence-corrected chi connectivity index (χ0v) is 20.1. The zero-order valence-electron chi connectivity index (χ0n) is 19.3. The molecule has 32 heavy (non-hydrogen) atoms. The topological polar surface area (TPSA) is 69.8 Å². The van der Waals surface area contributed by atoms with Gasteiger partial charge in [0.25, 0.3) is 5.56 Å². The number of pyridine rings is 1. The molecule has 0 radical (unpaired) electrons. The van der Waals surface area contributed by atoms with Gasteiger partial charge in [-0.1, -0.05) is 12.1 Å². The maximum Gasteiger partial charge on any atom is 0.253 e. The number of fused-ring (bicyclic) bond motifs is 1. The van der Waals surface area contributed by atoms with E-state index in [9.17, 15) is 4.79 Å². The van der Waals surface area contributed by atoms with Gasteiger partial charge in [0, 0.05) is 57.0 Å². The van der Waals surface area contributed by atoms with Gasteiger partial charge in [0.1, 0.15) is 0 Å². The van der Waals surface area contributed by atoms with Crippen LogP contribution in [-0.4, -0.2) is 79.0 Å². The molecule has 1 aromatic carbocycles. The number of hydrogen-bond acceptors (Lipinski definition) is 5. The number of aryl methyl sites for hydroxylation is 1. The number of aromatic nitrogens is 1. The Bertz CT molecular complexity index is 927. The molecule has 0 unspecified atom stereocenters. The van der Waals surface area contributed by atoms with Gasteiger partial charge < -0.3 is 24.7 Å². The number of thiocarbonyl (C=S) groups is 1. The number of benzene rings is 1. The number of rotatable bonds is 11. The fourth-order valence-corrected chi connectivity index (χ4v) is 4.13. The molecule has 7 nitrogen and oxygen atoms in total. The molecule has 3 rings (SSSR count). The van der Waals surface area contributed by atoms with Gasteiger partial charge in [0.15, 0.2) is 5.11 Å². The normalized spacial score (nSPS) is 14.6. The summed E-state index contributed by atoms with van der Waals surface area (Å²) in [7, 11) is 0. The van der Waals surface area contributed by atoms with E-state index < -0.39 is 0 Å². The number of morpholine rings is 1. The van der Waals surface area contributed by atoms with Crippen LogP contribution in [0.2, 0.25) is 0 Å². The average molecular weight is 461 g/mol. The molecule has 0 bridgehead atoms. The van der Waals surface area contributed by atoms with E-state index in [4.69, 9.17) is 21.7 Å². The van der Waals surface area contributed by atoms with Crippen molar-refractivity contribution in [1.82, 2.24) is 20.1 Å². The Kier molecular flexibility index (Phi) is 9.92. The summed E-state index contributed by atoms with van der Waals surface area (Å²) >= 11 is 5.71. The first-order chi connectivity index (χ1) is 15.6. The number of hydrogen-bond donors (Lipinski definition) is 2. The fourth-order valence-electron chi connectivity index (χ4n) is 3.87. The molecule has 1 aromatic heterocycles. The summed E-state index contributed by atoms with van der Waals surface area (Å²) in [6.45, 7) is 12.0. The van der Waals surface area contributed by atoms with Crippen molar-refractivity contribution in [1.29, 1.82) is 0 Å². The Morgan fingerprint density at radius 3 is 2.88 bits per heavy atom. The largest absolute Gasteiger partial charge is 0.382 e. The molecule has 2 aromatic rings. The lowest BCUT2D eigenvalue weighted by Crippen LogP contribution is -2.43. The molecule has 0 amide bonds. The van der Waals surface area contributed by atoms with Crippen LogP contribution in [0.4, 0.5) is 0 Å². The summed E-state index contributed by atoms with van der Waals surface area (Å²) in [4.78, 5) is 20.3. The third kappa shape index (κ3) is 7.55. The van der Waals surface area contributed by atoms with E-state index in [1.165, 1.54) is 0 Å². The third-order valence-electron chi connectivity index (χ3n) is 5.68. The summed E-state index contributed by atoms with van der Waals surface area (Å²) in [5, 5.41) is 5.07. The van der Waals surface area contributed by atoms with Crippen molar-refractivity contribution in [2.45, 2.75) is 33.2 Å². The monoisotopic (exact) mass is 460 g/mol. The minimum atomic E-state index is -0.0552. The molecule has 2 N–H and O–H groups in total. The van der Waals surface area contributed by atoms with Crippen LogP contribution in [0.15, 0.2) is 29.1 Å². The third-order valence-corrected chi connectivity index (χ3v) is 6.08. The molecule has 1 fully saturated rings. The highest BCUT2D eigenvalue weighted by Gasteiger charge is 2.15. The molecular formula is C24H36N4O3S. The highest BCUT2D eigenvalue weighted by molar-refractivity contribution is 7.80. The molecule has 0 aliphatic carbocycles. The number of ether oxygens (including phenoxy) is 2. The maximum atomic E-state index is 12.8. The van der Waals surface area contributed by atoms with E-state index >= 15 is 0 Å². The smallest absolute Gasteiger partial charge is 0.253 e. The minimum Gasteiger partial charge on any atom is -0.382 e. The van der Waals surface area contributed by atoms with Gasteiger partial charge in [0.05, 0.1) is 19.8 Å². The molecule has 8 heteroatoms. The molecule has 0 atom stereocenters. The number of H-pyrrole nitrogens is 1. The molecule has 1 saturated heterocycles. The minimum absolute atomic E-state index is 0.0552. The SMILES string of the molecule is CCOCCCNC(=S)N(CCCN1CCOCC1)Cc1cc2ccc(C)cc2[nH]c1=O. The van der Waals surface area contributed by atoms with E-state index in [-0.39, 0.29) is 5.56 Å². The summed E-state index contributed by atoms with van der Waals surface area (Å²) < 4.78 is 10.9. The van der Waals surface area contributed by atoms with E-state index in [0.29, 0.717) is 18.3 Å². The Hall–Kier alpha value is -2.00. The van der Waals surface area contributed by atoms with Crippen LogP contribution in [0.1, 0.15) is 30.9 Å². The van der Waals surface area contributed by atoms with Gasteiger partial charge in [-0.25, -0.2) is 0 Å². The quantitative estimate of drug-likeness (QED) is 0.395. The first kappa shape index (κ1) is 24.6. The van der Waals surface area contributed by atoms with Gasteiger partial charge in [-0.15, -0.1) is 0 Å². The Morgan fingerprint density at radius 2 is 2.09 bits per heavy atom. The average Bonchev–Trinajstić information content (AvgIpc) is 2.79. The molecule has 0 spiro atoms. The van der Waals surface area contributed by atoms with Crippen LogP contribution in [-0.2, 0) is 16.0 Å². The summed E-state index contributed by atoms with van der Waals surface area (Å²) in [5.41, 5.74) is 2.67. The van der Waals surface area contributed by atoms with Crippen LogP contribution in [0.3, 0.4) is 0 Å². The number of nitrogens with zero attached hydrogens (tertiary/aromatic N) is 2. The molecular weight excluding hydrogens is 424 g/mol. The lowest BCUT2D eigenvalue weighted by atomic mass is 10.1. The second-order valence-electron chi connectivity index (χ2n) is 8.23. The lowest BCUT2D eigenvalue weighted by Gasteiger charge is -2.29. The van der Waals surface area contributed by atoms with Crippen molar-refractivity contribution < 1.29 is 9.47 Å². The standard InChI is InChI=1S/C24H36N4O3S/c1-3-30-13-4-8-25-24(32)28(10-5-9-27-11-14-31-15-12-27)18-21-17-20-7-6-19(2)16-22(20)26-23(21)29/h6-7,16-17H,3-5,8-15,18H2,1-2H3,(H,25,32)(H,26,29). The number of nitrogens with one attached hydrogen (secondary N) is 2. The predicted octanol–water partition coefficient (Wildman–Crippen LogP) is 2.66. The van der Waals surface area contributed by atoms with E-state index in [0.717, 1.165) is 87.4 Å². The molecule has 0 saturated carbocycles. The number of aromatic amines is 1. The maximum absolute atomic E-state index is 12.8. The highest BCUT2D eigenvalue weighted by Crippen LogP contribution is 2.14. The van der Waals surface area contributed by atoms with E-state index in [1.54, 1.807) is 0 Å². The Labute approximate surface area is 196 Å². The summed E-state index contributed by atoms with van der Waals surface area (Å²) in [6.07, 6.45) is 1.87. The van der Waals surface area contributed by atoms with Crippen molar-refractivity contribution in [3.63, 3.8) is 0 Å². The first-order valence-electron chi connectivity index (χ1n) is 11.6. The van der Waals surface area contributed by atoms with Gasteiger partial charge in [-0.05, 0) is 62.0 Å². The Morgan fingerprint density at radius 1 is 1.28 bits per heavy atom. The Balaban J connectivity index is 1.65. The molecule has 2 heterocycles. The first-order valence-corrected chi connectivity index (χ1v) is 12.0. The summed E-state index contributed by atoms with van der Waals surface area (Å²) in [5.74, 6) is 0. The van der Waals surface area contributed by atoms with E-state index in [2.05, 4.69) is 32.2 Å². The van der Waals surface area contributed by atoms with Gasteiger partial charge in [-0.2, -0.15) is 0 Å². The predicted molar refractivity (Wildman–Crippen MR) is 133 cm³/mol. The lowest BCUT2D eigenvalue weighted by molar-refractivity contribution is 0.0367. The van der Waals surface area contributed by atoms with Gasteiger partial charge >= 0.3 is 0 Å². The van der Waals surface area contributed by atoms with Crippen LogP contribution < -0.4 is 10.9 Å². The second kappa shape index (κ2) is 12.9. The van der Waals surface area contributed by atoms with Crippen molar-refractivity contribution in [3.05, 3.63) is 45.7 Å². The zero-order chi connectivity index (χ0) is 22.8. The van der Waals surface area contributed by atoms with Crippen LogP contribution >= 0.6 is 12.2 Å². The van der Waals surface area contributed by atoms with E-state index in [1.807, 2.05) is 26.0 Å². The van der Waals surface area contributed by atoms with Gasteiger partial charge in [-0.3, -0.25) is 9.69 Å². The van der Waals surface area contributed by atoms with Crippen molar-refractivity contribution in [2.24, 2.45) is 0 Å².